The van der Waals surface area contributed by atoms with E-state index in [1.165, 1.54) is 0 Å². The van der Waals surface area contributed by atoms with Crippen molar-refractivity contribution in [3.63, 3.8) is 0 Å². The molecule has 0 aliphatic heterocycles. The third-order valence-corrected chi connectivity index (χ3v) is 5.66. The highest BCUT2D eigenvalue weighted by atomic mass is 16.5. The molecule has 0 radical (unpaired) electrons. The Balaban J connectivity index is 1.79. The number of aromatic amines is 1. The Morgan fingerprint density at radius 2 is 2.00 bits per heavy atom. The zero-order valence-electron chi connectivity index (χ0n) is 16.4. The molecular formula is C20H25N3O5. The topological polar surface area (TPSA) is 114 Å². The van der Waals surface area contributed by atoms with Gasteiger partial charge in [-0.05, 0) is 37.3 Å². The van der Waals surface area contributed by atoms with Gasteiger partial charge < -0.3 is 19.9 Å². The summed E-state index contributed by atoms with van der Waals surface area (Å²) in [4.78, 5) is 24.8. The molecule has 3 N–H and O–H groups in total. The first-order valence-electron chi connectivity index (χ1n) is 9.12. The van der Waals surface area contributed by atoms with E-state index in [9.17, 15) is 14.7 Å². The number of H-pyrrole nitrogens is 1. The predicted octanol–water partition coefficient (Wildman–Crippen LogP) is 2.47. The van der Waals surface area contributed by atoms with E-state index in [4.69, 9.17) is 9.47 Å². The SMILES string of the molecule is CCOC1CC(NC(=O)c2cc(-c3ccc(OC)cc3)n[nH]2)(C(=O)O)C1(C)C. The second-order valence-electron chi connectivity index (χ2n) is 7.43. The molecule has 0 bridgehead atoms. The lowest BCUT2D eigenvalue weighted by molar-refractivity contribution is -0.190. The number of methoxy groups -OCH3 is 1. The number of ether oxygens (including phenoxy) is 2. The summed E-state index contributed by atoms with van der Waals surface area (Å²) in [5.74, 6) is -0.869. The van der Waals surface area contributed by atoms with Crippen LogP contribution in [-0.2, 0) is 9.53 Å². The molecule has 1 saturated carbocycles. The lowest BCUT2D eigenvalue weighted by atomic mass is 9.54. The maximum atomic E-state index is 12.7. The van der Waals surface area contributed by atoms with Crippen LogP contribution in [0.1, 0.15) is 37.7 Å². The van der Waals surface area contributed by atoms with Gasteiger partial charge in [0.1, 0.15) is 17.0 Å². The molecule has 2 atom stereocenters. The average Bonchev–Trinajstić information content (AvgIpc) is 3.17. The van der Waals surface area contributed by atoms with E-state index in [-0.39, 0.29) is 18.2 Å². The number of nitrogens with one attached hydrogen (secondary N) is 2. The van der Waals surface area contributed by atoms with Crippen molar-refractivity contribution in [3.05, 3.63) is 36.0 Å². The van der Waals surface area contributed by atoms with Gasteiger partial charge in [-0.3, -0.25) is 9.89 Å². The minimum absolute atomic E-state index is 0.196. The van der Waals surface area contributed by atoms with Crippen LogP contribution in [0.15, 0.2) is 30.3 Å². The van der Waals surface area contributed by atoms with Crippen molar-refractivity contribution >= 4 is 11.9 Å². The van der Waals surface area contributed by atoms with Gasteiger partial charge in [0.15, 0.2) is 0 Å². The molecule has 2 aromatic rings. The van der Waals surface area contributed by atoms with Crippen LogP contribution in [0.5, 0.6) is 5.75 Å². The van der Waals surface area contributed by atoms with E-state index in [1.807, 2.05) is 19.1 Å². The molecule has 8 nitrogen and oxygen atoms in total. The Kier molecular flexibility index (Phi) is 5.16. The molecule has 1 aromatic carbocycles. The number of carboxylic acid groups (broad SMARTS) is 1. The smallest absolute Gasteiger partial charge is 0.330 e. The minimum atomic E-state index is -1.39. The van der Waals surface area contributed by atoms with Gasteiger partial charge in [-0.15, -0.1) is 0 Å². The summed E-state index contributed by atoms with van der Waals surface area (Å²) in [5.41, 5.74) is -0.553. The van der Waals surface area contributed by atoms with Crippen LogP contribution in [-0.4, -0.2) is 52.5 Å². The van der Waals surface area contributed by atoms with E-state index in [0.29, 0.717) is 12.3 Å². The van der Waals surface area contributed by atoms with Crippen LogP contribution in [0.2, 0.25) is 0 Å². The molecule has 1 aliphatic rings. The van der Waals surface area contributed by atoms with Crippen molar-refractivity contribution in [1.29, 1.82) is 0 Å². The third-order valence-electron chi connectivity index (χ3n) is 5.66. The van der Waals surface area contributed by atoms with Gasteiger partial charge in [-0.1, -0.05) is 13.8 Å². The normalized spacial score (nSPS) is 22.9. The number of benzene rings is 1. The summed E-state index contributed by atoms with van der Waals surface area (Å²) in [6.07, 6.45) is -0.0143. The van der Waals surface area contributed by atoms with Gasteiger partial charge in [-0.2, -0.15) is 5.10 Å². The molecule has 1 fully saturated rings. The fourth-order valence-corrected chi connectivity index (χ4v) is 3.65. The molecule has 1 heterocycles. The largest absolute Gasteiger partial charge is 0.497 e. The first-order chi connectivity index (χ1) is 13.2. The predicted molar refractivity (Wildman–Crippen MR) is 102 cm³/mol. The number of nitrogens with zero attached hydrogens (tertiary/aromatic N) is 1. The number of amides is 1. The molecule has 28 heavy (non-hydrogen) atoms. The number of aromatic nitrogens is 2. The van der Waals surface area contributed by atoms with Crippen molar-refractivity contribution in [2.75, 3.05) is 13.7 Å². The monoisotopic (exact) mass is 387 g/mol. The van der Waals surface area contributed by atoms with Crippen molar-refractivity contribution in [1.82, 2.24) is 15.5 Å². The van der Waals surface area contributed by atoms with Gasteiger partial charge >= 0.3 is 5.97 Å². The molecule has 3 rings (SSSR count). The third kappa shape index (κ3) is 3.13. The fourth-order valence-electron chi connectivity index (χ4n) is 3.65. The molecule has 0 saturated heterocycles. The zero-order chi connectivity index (χ0) is 20.5. The van der Waals surface area contributed by atoms with Crippen LogP contribution in [0.4, 0.5) is 0 Å². The van der Waals surface area contributed by atoms with Crippen LogP contribution in [0, 0.1) is 5.41 Å². The van der Waals surface area contributed by atoms with Crippen LogP contribution in [0.3, 0.4) is 0 Å². The number of hydrogen-bond donors (Lipinski definition) is 3. The Morgan fingerprint density at radius 3 is 2.54 bits per heavy atom. The van der Waals surface area contributed by atoms with Gasteiger partial charge in [0.25, 0.3) is 5.91 Å². The summed E-state index contributed by atoms with van der Waals surface area (Å²) in [5, 5.41) is 19.4. The number of hydrogen-bond acceptors (Lipinski definition) is 5. The van der Waals surface area contributed by atoms with E-state index in [2.05, 4.69) is 15.5 Å². The van der Waals surface area contributed by atoms with E-state index < -0.39 is 22.8 Å². The second kappa shape index (κ2) is 7.27. The van der Waals surface area contributed by atoms with Crippen LogP contribution in [0.25, 0.3) is 11.3 Å². The number of carboxylic acids is 1. The Morgan fingerprint density at radius 1 is 1.32 bits per heavy atom. The van der Waals surface area contributed by atoms with Gasteiger partial charge in [0, 0.05) is 24.0 Å². The number of carbonyl (C=O) groups is 2. The van der Waals surface area contributed by atoms with Crippen LogP contribution >= 0.6 is 0 Å². The highest BCUT2D eigenvalue weighted by Gasteiger charge is 2.66. The molecular weight excluding hydrogens is 362 g/mol. The molecule has 0 spiro atoms. The number of carbonyl (C=O) groups excluding carboxylic acids is 1. The Labute approximate surface area is 163 Å². The fraction of sp³-hybridized carbons (Fsp3) is 0.450. The molecule has 1 amide bonds. The van der Waals surface area contributed by atoms with Gasteiger partial charge in [0.2, 0.25) is 0 Å². The highest BCUT2D eigenvalue weighted by molar-refractivity contribution is 5.98. The van der Waals surface area contributed by atoms with E-state index in [0.717, 1.165) is 11.3 Å². The Bertz CT molecular complexity index is 874. The maximum absolute atomic E-state index is 12.7. The Hall–Kier alpha value is -2.87. The van der Waals surface area contributed by atoms with Gasteiger partial charge in [-0.25, -0.2) is 4.79 Å². The molecule has 1 aliphatic carbocycles. The zero-order valence-corrected chi connectivity index (χ0v) is 16.4. The lowest BCUT2D eigenvalue weighted by Gasteiger charge is -2.58. The molecule has 2 unspecified atom stereocenters. The summed E-state index contributed by atoms with van der Waals surface area (Å²) < 4.78 is 10.8. The van der Waals surface area contributed by atoms with Crippen LogP contribution < -0.4 is 10.1 Å². The minimum Gasteiger partial charge on any atom is -0.497 e. The molecule has 1 aromatic heterocycles. The summed E-state index contributed by atoms with van der Waals surface area (Å²) in [6.45, 7) is 5.94. The molecule has 8 heteroatoms. The van der Waals surface area contributed by atoms with Crippen molar-refractivity contribution < 1.29 is 24.2 Å². The molecule has 150 valence electrons. The lowest BCUT2D eigenvalue weighted by Crippen LogP contribution is -2.76. The quantitative estimate of drug-likeness (QED) is 0.673. The average molecular weight is 387 g/mol. The maximum Gasteiger partial charge on any atom is 0.330 e. The second-order valence-corrected chi connectivity index (χ2v) is 7.43. The van der Waals surface area contributed by atoms with E-state index in [1.54, 1.807) is 39.2 Å². The standard InChI is InChI=1S/C20H25N3O5/c1-5-28-16-11-20(18(25)26,19(16,2)3)21-17(24)15-10-14(22-23-15)12-6-8-13(27-4)9-7-12/h6-10,16H,5,11H2,1-4H3,(H,21,24)(H,22,23)(H,25,26). The first-order valence-corrected chi connectivity index (χ1v) is 9.12. The van der Waals surface area contributed by atoms with Crippen molar-refractivity contribution in [2.45, 2.75) is 38.8 Å². The first kappa shape index (κ1) is 19.9. The number of rotatable bonds is 7. The summed E-state index contributed by atoms with van der Waals surface area (Å²) in [6, 6.07) is 8.86. The van der Waals surface area contributed by atoms with Crippen molar-refractivity contribution in [2.24, 2.45) is 5.41 Å². The number of aliphatic carboxylic acids is 1. The summed E-state index contributed by atoms with van der Waals surface area (Å²) in [7, 11) is 1.59. The van der Waals surface area contributed by atoms with Gasteiger partial charge in [0.05, 0.1) is 18.9 Å². The highest BCUT2D eigenvalue weighted by Crippen LogP contribution is 2.51. The van der Waals surface area contributed by atoms with Crippen molar-refractivity contribution in [3.8, 4) is 17.0 Å². The summed E-state index contributed by atoms with van der Waals surface area (Å²) >= 11 is 0. The van der Waals surface area contributed by atoms with E-state index >= 15 is 0 Å².